The van der Waals surface area contributed by atoms with Crippen molar-refractivity contribution in [2.24, 2.45) is 7.05 Å². The number of amides is 1. The number of benzene rings is 2. The highest BCUT2D eigenvalue weighted by molar-refractivity contribution is 5.79. The first-order valence-electron chi connectivity index (χ1n) is 8.84. The molecule has 0 saturated heterocycles. The molecule has 28 heavy (non-hydrogen) atoms. The fourth-order valence-electron chi connectivity index (χ4n) is 3.04. The molecule has 4 aromatic rings. The van der Waals surface area contributed by atoms with Gasteiger partial charge in [-0.05, 0) is 33.7 Å². The van der Waals surface area contributed by atoms with Gasteiger partial charge in [-0.15, -0.1) is 5.10 Å². The summed E-state index contributed by atoms with van der Waals surface area (Å²) in [5.41, 5.74) is 2.73. The zero-order valence-corrected chi connectivity index (χ0v) is 15.3. The zero-order valence-electron chi connectivity index (χ0n) is 15.3. The quantitative estimate of drug-likeness (QED) is 0.557. The van der Waals surface area contributed by atoms with Gasteiger partial charge >= 0.3 is 0 Å². The molecule has 0 aliphatic rings. The molecule has 0 bridgehead atoms. The number of aryl methyl sites for hydroxylation is 1. The van der Waals surface area contributed by atoms with Crippen LogP contribution in [0.3, 0.4) is 0 Å². The number of aromatic nitrogens is 6. The first-order valence-corrected chi connectivity index (χ1v) is 8.84. The van der Waals surface area contributed by atoms with E-state index in [4.69, 9.17) is 0 Å². The lowest BCUT2D eigenvalue weighted by Crippen LogP contribution is -2.32. The molecule has 1 N–H and O–H groups in total. The third-order valence-corrected chi connectivity index (χ3v) is 4.47. The van der Waals surface area contributed by atoms with Crippen LogP contribution in [-0.2, 0) is 18.3 Å². The summed E-state index contributed by atoms with van der Waals surface area (Å²) >= 11 is 0. The number of carbonyl (C=O) groups is 1. The molecule has 0 fully saturated rings. The molecule has 0 saturated carbocycles. The van der Waals surface area contributed by atoms with Gasteiger partial charge in [0, 0.05) is 19.4 Å². The number of tetrazole rings is 1. The van der Waals surface area contributed by atoms with Gasteiger partial charge in [0.05, 0.1) is 12.1 Å². The van der Waals surface area contributed by atoms with Crippen LogP contribution in [0, 0.1) is 0 Å². The molecule has 0 spiro atoms. The number of rotatable bonds is 6. The van der Waals surface area contributed by atoms with E-state index in [-0.39, 0.29) is 18.4 Å². The molecule has 2 aromatic carbocycles. The van der Waals surface area contributed by atoms with Crippen molar-refractivity contribution >= 4 is 5.91 Å². The van der Waals surface area contributed by atoms with Gasteiger partial charge < -0.3 is 9.88 Å². The topological polar surface area (TPSA) is 90.5 Å². The van der Waals surface area contributed by atoms with E-state index in [1.165, 1.54) is 6.33 Å². The van der Waals surface area contributed by atoms with Crippen molar-refractivity contribution in [3.05, 3.63) is 90.3 Å². The highest BCUT2D eigenvalue weighted by Gasteiger charge is 2.20. The van der Waals surface area contributed by atoms with E-state index in [2.05, 4.69) is 25.8 Å². The van der Waals surface area contributed by atoms with Crippen molar-refractivity contribution in [3.63, 3.8) is 0 Å². The van der Waals surface area contributed by atoms with Gasteiger partial charge in [-0.3, -0.25) is 4.79 Å². The Hall–Kier alpha value is -3.81. The fourth-order valence-corrected chi connectivity index (χ4v) is 3.04. The first kappa shape index (κ1) is 17.6. The minimum Gasteiger partial charge on any atom is -0.342 e. The monoisotopic (exact) mass is 373 g/mol. The van der Waals surface area contributed by atoms with Crippen LogP contribution in [0.15, 0.2) is 73.3 Å². The van der Waals surface area contributed by atoms with Gasteiger partial charge in [0.2, 0.25) is 5.91 Å². The Bertz CT molecular complexity index is 1040. The zero-order chi connectivity index (χ0) is 19.3. The van der Waals surface area contributed by atoms with Crippen LogP contribution in [0.1, 0.15) is 23.0 Å². The van der Waals surface area contributed by atoms with Crippen LogP contribution >= 0.6 is 0 Å². The average Bonchev–Trinajstić information content (AvgIpc) is 3.39. The predicted octanol–water partition coefficient (Wildman–Crippen LogP) is 1.84. The van der Waals surface area contributed by atoms with Crippen LogP contribution < -0.4 is 5.32 Å². The van der Waals surface area contributed by atoms with Gasteiger partial charge in [0.15, 0.2) is 0 Å². The third-order valence-electron chi connectivity index (χ3n) is 4.47. The second-order valence-corrected chi connectivity index (χ2v) is 6.41. The Labute approximate surface area is 161 Å². The smallest absolute Gasteiger partial charge is 0.225 e. The van der Waals surface area contributed by atoms with E-state index >= 15 is 0 Å². The maximum atomic E-state index is 12.7. The van der Waals surface area contributed by atoms with E-state index in [0.29, 0.717) is 0 Å². The lowest BCUT2D eigenvalue weighted by atomic mass is 10.1. The van der Waals surface area contributed by atoms with Crippen LogP contribution in [-0.4, -0.2) is 35.7 Å². The standard InChI is InChI=1S/C20H19N7O/c1-26-12-11-21-20(26)19(16-5-3-2-4-6-16)23-18(28)13-15-7-9-17(10-8-15)27-14-22-24-25-27/h2-12,14,19H,13H2,1H3,(H,23,28). The summed E-state index contributed by atoms with van der Waals surface area (Å²) in [5.74, 6) is 0.709. The van der Waals surface area contributed by atoms with Crippen LogP contribution in [0.25, 0.3) is 5.69 Å². The SMILES string of the molecule is Cn1ccnc1C(NC(=O)Cc1ccc(-n2cnnn2)cc1)c1ccccc1. The molecule has 0 aliphatic heterocycles. The number of nitrogens with one attached hydrogen (secondary N) is 1. The Balaban J connectivity index is 1.50. The lowest BCUT2D eigenvalue weighted by molar-refractivity contribution is -0.121. The summed E-state index contributed by atoms with van der Waals surface area (Å²) in [5, 5.41) is 14.2. The van der Waals surface area contributed by atoms with Gasteiger partial charge in [0.1, 0.15) is 18.2 Å². The molecule has 0 aliphatic carbocycles. The summed E-state index contributed by atoms with van der Waals surface area (Å²) in [6, 6.07) is 17.1. The van der Waals surface area contributed by atoms with Crippen LogP contribution in [0.2, 0.25) is 0 Å². The van der Waals surface area contributed by atoms with E-state index in [0.717, 1.165) is 22.6 Å². The number of imidazole rings is 1. The molecular formula is C20H19N7O. The van der Waals surface area contributed by atoms with Gasteiger partial charge in [-0.25, -0.2) is 9.67 Å². The summed E-state index contributed by atoms with van der Waals surface area (Å²) in [6.07, 6.45) is 5.40. The molecule has 140 valence electrons. The minimum atomic E-state index is -0.311. The third kappa shape index (κ3) is 3.80. The van der Waals surface area contributed by atoms with Crippen molar-refractivity contribution in [2.45, 2.75) is 12.5 Å². The minimum absolute atomic E-state index is 0.0768. The van der Waals surface area contributed by atoms with Gasteiger partial charge in [0.25, 0.3) is 0 Å². The number of nitrogens with zero attached hydrogens (tertiary/aromatic N) is 6. The summed E-state index contributed by atoms with van der Waals surface area (Å²) < 4.78 is 3.48. The highest BCUT2D eigenvalue weighted by Crippen LogP contribution is 2.20. The Morgan fingerprint density at radius 1 is 1.11 bits per heavy atom. The normalized spacial score (nSPS) is 11.9. The van der Waals surface area contributed by atoms with E-state index in [1.54, 1.807) is 10.9 Å². The van der Waals surface area contributed by atoms with Crippen molar-refractivity contribution in [1.29, 1.82) is 0 Å². The molecule has 1 unspecified atom stereocenters. The molecule has 4 rings (SSSR count). The molecule has 2 heterocycles. The molecule has 2 aromatic heterocycles. The van der Waals surface area contributed by atoms with Crippen molar-refractivity contribution in [3.8, 4) is 5.69 Å². The molecular weight excluding hydrogens is 354 g/mol. The first-order chi connectivity index (χ1) is 13.7. The largest absolute Gasteiger partial charge is 0.342 e. The van der Waals surface area contributed by atoms with Crippen LogP contribution in [0.4, 0.5) is 0 Å². The molecule has 1 atom stereocenters. The van der Waals surface area contributed by atoms with Gasteiger partial charge in [-0.1, -0.05) is 42.5 Å². The summed E-state index contributed by atoms with van der Waals surface area (Å²) in [4.78, 5) is 17.1. The number of hydrogen-bond donors (Lipinski definition) is 1. The molecule has 0 radical (unpaired) electrons. The average molecular weight is 373 g/mol. The Morgan fingerprint density at radius 2 is 1.89 bits per heavy atom. The summed E-state index contributed by atoms with van der Waals surface area (Å²) in [7, 11) is 1.92. The second kappa shape index (κ2) is 7.83. The molecule has 8 heteroatoms. The van der Waals surface area contributed by atoms with Crippen molar-refractivity contribution in [1.82, 2.24) is 35.1 Å². The lowest BCUT2D eigenvalue weighted by Gasteiger charge is -2.19. The Kier molecular flexibility index (Phi) is 4.92. The van der Waals surface area contributed by atoms with Gasteiger partial charge in [-0.2, -0.15) is 0 Å². The number of hydrogen-bond acceptors (Lipinski definition) is 5. The molecule has 1 amide bonds. The fraction of sp³-hybridized carbons (Fsp3) is 0.150. The predicted molar refractivity (Wildman–Crippen MR) is 102 cm³/mol. The van der Waals surface area contributed by atoms with Crippen LogP contribution in [0.5, 0.6) is 0 Å². The second-order valence-electron chi connectivity index (χ2n) is 6.41. The van der Waals surface area contributed by atoms with Crippen molar-refractivity contribution in [2.75, 3.05) is 0 Å². The highest BCUT2D eigenvalue weighted by atomic mass is 16.1. The molecule has 8 nitrogen and oxygen atoms in total. The van der Waals surface area contributed by atoms with Crippen molar-refractivity contribution < 1.29 is 4.79 Å². The van der Waals surface area contributed by atoms with E-state index < -0.39 is 0 Å². The van der Waals surface area contributed by atoms with E-state index in [1.807, 2.05) is 72.4 Å². The Morgan fingerprint density at radius 3 is 2.54 bits per heavy atom. The maximum absolute atomic E-state index is 12.7. The summed E-state index contributed by atoms with van der Waals surface area (Å²) in [6.45, 7) is 0. The number of carbonyl (C=O) groups excluding carboxylic acids is 1. The van der Waals surface area contributed by atoms with E-state index in [9.17, 15) is 4.79 Å². The maximum Gasteiger partial charge on any atom is 0.225 e.